The van der Waals surface area contributed by atoms with E-state index >= 15 is 0 Å². The molecule has 0 aliphatic carbocycles. The average molecular weight is 448 g/mol. The van der Waals surface area contributed by atoms with Gasteiger partial charge >= 0.3 is 0 Å². The summed E-state index contributed by atoms with van der Waals surface area (Å²) in [4.78, 5) is 2.62. The first-order chi connectivity index (χ1) is 16.4. The van der Waals surface area contributed by atoms with Crippen LogP contribution in [-0.2, 0) is 13.1 Å². The van der Waals surface area contributed by atoms with E-state index in [1.165, 1.54) is 114 Å². The van der Waals surface area contributed by atoms with Crippen molar-refractivity contribution in [2.75, 3.05) is 6.54 Å². The highest BCUT2D eigenvalue weighted by Gasteiger charge is 2.07. The van der Waals surface area contributed by atoms with Gasteiger partial charge in [0.1, 0.15) is 0 Å². The standard InChI is InChI=1S/C32H49N/c1-2-3-4-5-6-7-8-9-10-11-12-13-14-15-16-23-28-33(29-31-24-19-17-20-25-31)30-32-26-21-18-22-27-32/h2,17-22,24-27H,1,3-16,23,28-30H2. The Morgan fingerprint density at radius 3 is 1.24 bits per heavy atom. The molecule has 2 rings (SSSR count). The summed E-state index contributed by atoms with van der Waals surface area (Å²) in [6.45, 7) is 7.08. The van der Waals surface area contributed by atoms with Gasteiger partial charge in [-0.25, -0.2) is 0 Å². The number of hydrogen-bond acceptors (Lipinski definition) is 1. The third-order valence-electron chi connectivity index (χ3n) is 6.63. The van der Waals surface area contributed by atoms with Crippen LogP contribution in [0.1, 0.15) is 107 Å². The first-order valence-corrected chi connectivity index (χ1v) is 13.8. The third kappa shape index (κ3) is 14.8. The van der Waals surface area contributed by atoms with Gasteiger partial charge in [0.05, 0.1) is 0 Å². The molecule has 0 bridgehead atoms. The normalized spacial score (nSPS) is 11.2. The number of rotatable bonds is 21. The highest BCUT2D eigenvalue weighted by molar-refractivity contribution is 5.17. The van der Waals surface area contributed by atoms with Crippen LogP contribution in [0.2, 0.25) is 0 Å². The van der Waals surface area contributed by atoms with Gasteiger partial charge in [0, 0.05) is 13.1 Å². The van der Waals surface area contributed by atoms with Crippen molar-refractivity contribution in [2.45, 2.75) is 109 Å². The predicted octanol–water partition coefficient (Wildman–Crippen LogP) is 9.73. The van der Waals surface area contributed by atoms with Crippen molar-refractivity contribution in [3.63, 3.8) is 0 Å². The molecule has 0 amide bonds. The largest absolute Gasteiger partial charge is 0.295 e. The van der Waals surface area contributed by atoms with Crippen LogP contribution in [0.15, 0.2) is 73.3 Å². The first-order valence-electron chi connectivity index (χ1n) is 13.8. The lowest BCUT2D eigenvalue weighted by atomic mass is 10.0. The summed E-state index contributed by atoms with van der Waals surface area (Å²) in [6, 6.07) is 21.8. The summed E-state index contributed by atoms with van der Waals surface area (Å²) in [5, 5.41) is 0. The van der Waals surface area contributed by atoms with Crippen LogP contribution >= 0.6 is 0 Å². The second-order valence-electron chi connectivity index (χ2n) is 9.71. The van der Waals surface area contributed by atoms with E-state index in [1.807, 2.05) is 6.08 Å². The zero-order valence-electron chi connectivity index (χ0n) is 21.2. The average Bonchev–Trinajstić information content (AvgIpc) is 2.85. The van der Waals surface area contributed by atoms with Crippen molar-refractivity contribution >= 4 is 0 Å². The molecule has 2 aromatic carbocycles. The molecule has 0 heterocycles. The molecular weight excluding hydrogens is 398 g/mol. The number of allylic oxidation sites excluding steroid dienone is 1. The minimum absolute atomic E-state index is 1.05. The highest BCUT2D eigenvalue weighted by atomic mass is 15.1. The lowest BCUT2D eigenvalue weighted by Crippen LogP contribution is -2.24. The molecule has 0 N–H and O–H groups in total. The molecule has 0 unspecified atom stereocenters. The molecule has 0 spiro atoms. The van der Waals surface area contributed by atoms with E-state index in [0.29, 0.717) is 0 Å². The van der Waals surface area contributed by atoms with Crippen molar-refractivity contribution in [1.82, 2.24) is 4.90 Å². The van der Waals surface area contributed by atoms with Gasteiger partial charge in [-0.15, -0.1) is 6.58 Å². The molecule has 0 aliphatic rings. The lowest BCUT2D eigenvalue weighted by molar-refractivity contribution is 0.250. The van der Waals surface area contributed by atoms with Crippen LogP contribution in [0.3, 0.4) is 0 Å². The topological polar surface area (TPSA) is 3.24 Å². The molecule has 0 radical (unpaired) electrons. The van der Waals surface area contributed by atoms with E-state index in [1.54, 1.807) is 0 Å². The van der Waals surface area contributed by atoms with Crippen molar-refractivity contribution in [3.05, 3.63) is 84.4 Å². The zero-order chi connectivity index (χ0) is 23.2. The molecular formula is C32H49N. The molecule has 182 valence electrons. The second kappa shape index (κ2) is 19.6. The first kappa shape index (κ1) is 27.4. The number of unbranched alkanes of at least 4 members (excludes halogenated alkanes) is 14. The fourth-order valence-corrected chi connectivity index (χ4v) is 4.64. The minimum atomic E-state index is 1.05. The highest BCUT2D eigenvalue weighted by Crippen LogP contribution is 2.15. The Morgan fingerprint density at radius 1 is 0.485 bits per heavy atom. The smallest absolute Gasteiger partial charge is 0.0237 e. The summed E-state index contributed by atoms with van der Waals surface area (Å²) in [5.41, 5.74) is 2.84. The Balaban J connectivity index is 1.47. The van der Waals surface area contributed by atoms with Crippen LogP contribution < -0.4 is 0 Å². The number of nitrogens with zero attached hydrogens (tertiary/aromatic N) is 1. The van der Waals surface area contributed by atoms with Crippen LogP contribution in [0, 0.1) is 0 Å². The van der Waals surface area contributed by atoms with Gasteiger partial charge in [-0.05, 0) is 36.9 Å². The van der Waals surface area contributed by atoms with Gasteiger partial charge < -0.3 is 0 Å². The van der Waals surface area contributed by atoms with Crippen molar-refractivity contribution in [3.8, 4) is 0 Å². The van der Waals surface area contributed by atoms with Gasteiger partial charge in [-0.1, -0.05) is 144 Å². The summed E-state index contributed by atoms with van der Waals surface area (Å²) >= 11 is 0. The van der Waals surface area contributed by atoms with Crippen molar-refractivity contribution < 1.29 is 0 Å². The SMILES string of the molecule is C=CCCCCCCCCCCCCCCCCN(Cc1ccccc1)Cc1ccccc1. The molecule has 0 saturated heterocycles. The van der Waals surface area contributed by atoms with Crippen LogP contribution in [0.25, 0.3) is 0 Å². The van der Waals surface area contributed by atoms with Crippen molar-refractivity contribution in [2.24, 2.45) is 0 Å². The Bertz CT molecular complexity index is 637. The predicted molar refractivity (Wildman–Crippen MR) is 146 cm³/mol. The van der Waals surface area contributed by atoms with E-state index in [4.69, 9.17) is 0 Å². The quantitative estimate of drug-likeness (QED) is 0.136. The number of benzene rings is 2. The Labute approximate surface area is 205 Å². The summed E-state index contributed by atoms with van der Waals surface area (Å²) in [6.07, 6.45) is 23.0. The fourth-order valence-electron chi connectivity index (χ4n) is 4.64. The molecule has 0 aromatic heterocycles. The van der Waals surface area contributed by atoms with Crippen LogP contribution in [0.4, 0.5) is 0 Å². The van der Waals surface area contributed by atoms with E-state index in [-0.39, 0.29) is 0 Å². The van der Waals surface area contributed by atoms with Gasteiger partial charge in [0.25, 0.3) is 0 Å². The Kier molecular flexibility index (Phi) is 16.3. The molecule has 0 saturated carbocycles. The molecule has 0 atom stereocenters. The zero-order valence-corrected chi connectivity index (χ0v) is 21.2. The molecule has 0 aliphatic heterocycles. The van der Waals surface area contributed by atoms with Gasteiger partial charge in [-0.2, -0.15) is 0 Å². The maximum Gasteiger partial charge on any atom is 0.0237 e. The van der Waals surface area contributed by atoms with Gasteiger partial charge in [0.15, 0.2) is 0 Å². The van der Waals surface area contributed by atoms with Gasteiger partial charge in [0.2, 0.25) is 0 Å². The van der Waals surface area contributed by atoms with E-state index in [9.17, 15) is 0 Å². The molecule has 1 nitrogen and oxygen atoms in total. The van der Waals surface area contributed by atoms with E-state index in [2.05, 4.69) is 72.1 Å². The number of hydrogen-bond donors (Lipinski definition) is 0. The molecule has 2 aromatic rings. The summed E-state index contributed by atoms with van der Waals surface area (Å²) in [5.74, 6) is 0. The maximum absolute atomic E-state index is 3.80. The molecule has 0 fully saturated rings. The monoisotopic (exact) mass is 447 g/mol. The van der Waals surface area contributed by atoms with Crippen molar-refractivity contribution in [1.29, 1.82) is 0 Å². The van der Waals surface area contributed by atoms with Gasteiger partial charge in [-0.3, -0.25) is 4.90 Å². The summed E-state index contributed by atoms with van der Waals surface area (Å²) < 4.78 is 0. The third-order valence-corrected chi connectivity index (χ3v) is 6.63. The van der Waals surface area contributed by atoms with Crippen LogP contribution in [0.5, 0.6) is 0 Å². The lowest BCUT2D eigenvalue weighted by Gasteiger charge is -2.22. The summed E-state index contributed by atoms with van der Waals surface area (Å²) in [7, 11) is 0. The molecule has 33 heavy (non-hydrogen) atoms. The Morgan fingerprint density at radius 2 is 0.848 bits per heavy atom. The van der Waals surface area contributed by atoms with Crippen LogP contribution in [-0.4, -0.2) is 11.4 Å². The fraction of sp³-hybridized carbons (Fsp3) is 0.562. The van der Waals surface area contributed by atoms with E-state index < -0.39 is 0 Å². The molecule has 1 heteroatoms. The maximum atomic E-state index is 3.80. The minimum Gasteiger partial charge on any atom is -0.295 e. The second-order valence-corrected chi connectivity index (χ2v) is 9.71. The Hall–Kier alpha value is -1.86. The van der Waals surface area contributed by atoms with E-state index in [0.717, 1.165) is 13.1 Å².